The first-order valence-corrected chi connectivity index (χ1v) is 8.53. The van der Waals surface area contributed by atoms with E-state index in [0.29, 0.717) is 24.3 Å². The number of hydrogen-bond acceptors (Lipinski definition) is 7. The van der Waals surface area contributed by atoms with Gasteiger partial charge in [-0.3, -0.25) is 9.46 Å². The number of aliphatic hydroxyl groups is 1. The topological polar surface area (TPSA) is 151 Å². The molecule has 0 aliphatic carbocycles. The molecule has 0 spiro atoms. The van der Waals surface area contributed by atoms with E-state index in [1.165, 1.54) is 6.33 Å². The predicted octanol–water partition coefficient (Wildman–Crippen LogP) is -1.20. The van der Waals surface area contributed by atoms with Crippen molar-refractivity contribution in [1.29, 1.82) is 0 Å². The van der Waals surface area contributed by atoms with Crippen LogP contribution in [0.25, 0.3) is 11.2 Å². The molecule has 0 aromatic carbocycles. The molecule has 22 heavy (non-hydrogen) atoms. The van der Waals surface area contributed by atoms with Crippen LogP contribution in [0.5, 0.6) is 0 Å². The molecule has 1 aliphatic heterocycles. The Morgan fingerprint density at radius 3 is 2.82 bits per heavy atom. The summed E-state index contributed by atoms with van der Waals surface area (Å²) in [6, 6.07) is -0.295. The first kappa shape index (κ1) is 15.3. The van der Waals surface area contributed by atoms with Crippen LogP contribution >= 0.6 is 7.60 Å². The van der Waals surface area contributed by atoms with Gasteiger partial charge in [-0.2, -0.15) is 0 Å². The van der Waals surface area contributed by atoms with E-state index in [1.54, 1.807) is 10.9 Å². The Kier molecular flexibility index (Phi) is 3.87. The minimum Gasteiger partial charge on any atom is -0.390 e. The van der Waals surface area contributed by atoms with Crippen LogP contribution in [0.2, 0.25) is 0 Å². The number of fused-ring (bicyclic) bond motifs is 1. The van der Waals surface area contributed by atoms with Crippen LogP contribution in [-0.2, 0) is 4.57 Å². The van der Waals surface area contributed by atoms with Crippen LogP contribution in [0.15, 0.2) is 12.7 Å². The second-order valence-electron chi connectivity index (χ2n) is 5.37. The van der Waals surface area contributed by atoms with Gasteiger partial charge in [-0.1, -0.05) is 0 Å². The van der Waals surface area contributed by atoms with Crippen molar-refractivity contribution in [1.82, 2.24) is 24.4 Å². The number of imidazole rings is 1. The number of nitrogens with zero attached hydrogens (tertiary/aromatic N) is 5. The van der Waals surface area contributed by atoms with Gasteiger partial charge in [0.2, 0.25) is 0 Å². The number of β-amino-alcohol motifs (C(OH)–C–C–N with tert-alkyl or cyclic N) is 1. The Balaban J connectivity index is 1.80. The zero-order valence-electron chi connectivity index (χ0n) is 11.6. The Morgan fingerprint density at radius 1 is 1.32 bits per heavy atom. The first-order chi connectivity index (χ1) is 10.3. The molecule has 10 nitrogen and oxygen atoms in total. The normalized spacial score (nSPS) is 23.4. The van der Waals surface area contributed by atoms with Gasteiger partial charge in [0, 0.05) is 19.6 Å². The highest BCUT2D eigenvalue weighted by atomic mass is 31.2. The lowest BCUT2D eigenvalue weighted by Crippen LogP contribution is -2.25. The van der Waals surface area contributed by atoms with Gasteiger partial charge >= 0.3 is 7.60 Å². The molecule has 0 radical (unpaired) electrons. The summed E-state index contributed by atoms with van der Waals surface area (Å²) in [5.74, 6) is 0.273. The van der Waals surface area contributed by atoms with Crippen LogP contribution in [0.1, 0.15) is 6.04 Å². The second kappa shape index (κ2) is 5.56. The summed E-state index contributed by atoms with van der Waals surface area (Å²) in [7, 11) is -4.04. The number of rotatable bonds is 4. The highest BCUT2D eigenvalue weighted by molar-refractivity contribution is 7.51. The molecule has 0 unspecified atom stereocenters. The van der Waals surface area contributed by atoms with Crippen LogP contribution in [0.4, 0.5) is 5.82 Å². The Bertz CT molecular complexity index is 730. The van der Waals surface area contributed by atoms with Crippen LogP contribution in [-0.4, -0.2) is 71.2 Å². The van der Waals surface area contributed by atoms with Gasteiger partial charge in [-0.05, 0) is 0 Å². The molecule has 5 N–H and O–H groups in total. The van der Waals surface area contributed by atoms with E-state index in [0.717, 1.165) is 0 Å². The average molecular weight is 328 g/mol. The quantitative estimate of drug-likeness (QED) is 0.507. The first-order valence-electron chi connectivity index (χ1n) is 6.73. The zero-order valence-corrected chi connectivity index (χ0v) is 12.5. The van der Waals surface area contributed by atoms with E-state index in [-0.39, 0.29) is 24.6 Å². The van der Waals surface area contributed by atoms with E-state index >= 15 is 0 Å². The molecule has 0 bridgehead atoms. The lowest BCUT2D eigenvalue weighted by Gasteiger charge is -2.17. The lowest BCUT2D eigenvalue weighted by molar-refractivity contribution is 0.146. The van der Waals surface area contributed by atoms with Gasteiger partial charge in [-0.15, -0.1) is 0 Å². The molecule has 0 saturated carbocycles. The van der Waals surface area contributed by atoms with Gasteiger partial charge in [0.25, 0.3) is 0 Å². The van der Waals surface area contributed by atoms with Crippen molar-refractivity contribution in [2.45, 2.75) is 12.1 Å². The largest absolute Gasteiger partial charge is 0.390 e. The summed E-state index contributed by atoms with van der Waals surface area (Å²) in [5.41, 5.74) is 6.75. The molecular formula is C11H17N6O4P. The minimum absolute atomic E-state index is 0.224. The zero-order chi connectivity index (χ0) is 15.9. The molecule has 2 aromatic heterocycles. The summed E-state index contributed by atoms with van der Waals surface area (Å²) in [4.78, 5) is 31.9. The van der Waals surface area contributed by atoms with Crippen molar-refractivity contribution in [3.63, 3.8) is 0 Å². The van der Waals surface area contributed by atoms with Gasteiger partial charge in [0.1, 0.15) is 11.8 Å². The molecule has 1 aliphatic rings. The number of likely N-dealkylation sites (tertiary alicyclic amines) is 1. The average Bonchev–Trinajstić information content (AvgIpc) is 3.00. The Labute approximate surface area is 125 Å². The highest BCUT2D eigenvalue weighted by Gasteiger charge is 2.34. The predicted molar refractivity (Wildman–Crippen MR) is 78.1 cm³/mol. The fourth-order valence-electron chi connectivity index (χ4n) is 2.69. The molecule has 1 fully saturated rings. The molecule has 0 amide bonds. The number of hydrogen-bond donors (Lipinski definition) is 4. The third-order valence-electron chi connectivity index (χ3n) is 3.79. The maximum absolute atomic E-state index is 11.0. The summed E-state index contributed by atoms with van der Waals surface area (Å²) >= 11 is 0. The van der Waals surface area contributed by atoms with Crippen molar-refractivity contribution in [3.05, 3.63) is 12.7 Å². The van der Waals surface area contributed by atoms with Crippen LogP contribution < -0.4 is 5.73 Å². The van der Waals surface area contributed by atoms with E-state index in [9.17, 15) is 9.67 Å². The molecule has 3 rings (SSSR count). The van der Waals surface area contributed by atoms with Crippen molar-refractivity contribution in [2.75, 3.05) is 31.5 Å². The standard InChI is InChI=1S/C11H17N6O4P/c12-10-9-11(14-5-13-10)17(6-15-9)7-3-16(4-8(7)18)1-2-22(19,20)21/h5-8,18H,1-4H2,(H2,12,13,14)(H2,19,20,21)/t7-,8+/m1/s1. The maximum Gasteiger partial charge on any atom is 0.326 e. The molecular weight excluding hydrogens is 311 g/mol. The van der Waals surface area contributed by atoms with E-state index in [4.69, 9.17) is 15.5 Å². The second-order valence-corrected chi connectivity index (χ2v) is 7.14. The molecule has 2 aromatic rings. The number of nitrogen functional groups attached to an aromatic ring is 1. The molecule has 120 valence electrons. The molecule has 2 atom stereocenters. The summed E-state index contributed by atoms with van der Waals surface area (Å²) in [6.07, 6.45) is 1.98. The number of aromatic nitrogens is 4. The Hall–Kier alpha value is -1.58. The van der Waals surface area contributed by atoms with Gasteiger partial charge in [0.05, 0.1) is 24.6 Å². The van der Waals surface area contributed by atoms with Gasteiger partial charge in [-0.25, -0.2) is 15.0 Å². The highest BCUT2D eigenvalue weighted by Crippen LogP contribution is 2.35. The van der Waals surface area contributed by atoms with Crippen molar-refractivity contribution in [2.24, 2.45) is 0 Å². The minimum atomic E-state index is -4.04. The summed E-state index contributed by atoms with van der Waals surface area (Å²) in [6.45, 7) is 1.02. The Morgan fingerprint density at radius 2 is 2.09 bits per heavy atom. The van der Waals surface area contributed by atoms with Crippen molar-refractivity contribution in [3.8, 4) is 0 Å². The van der Waals surface area contributed by atoms with Gasteiger partial charge in [0.15, 0.2) is 11.5 Å². The maximum atomic E-state index is 11.0. The van der Waals surface area contributed by atoms with E-state index in [2.05, 4.69) is 15.0 Å². The van der Waals surface area contributed by atoms with E-state index < -0.39 is 13.7 Å². The van der Waals surface area contributed by atoms with Crippen LogP contribution in [0, 0.1) is 0 Å². The van der Waals surface area contributed by atoms with E-state index in [1.807, 2.05) is 4.90 Å². The summed E-state index contributed by atoms with van der Waals surface area (Å²) < 4.78 is 12.7. The number of aliphatic hydroxyl groups excluding tert-OH is 1. The third kappa shape index (κ3) is 2.96. The number of nitrogens with two attached hydrogens (primary N) is 1. The lowest BCUT2D eigenvalue weighted by atomic mass is 10.2. The monoisotopic (exact) mass is 328 g/mol. The molecule has 1 saturated heterocycles. The van der Waals surface area contributed by atoms with Crippen molar-refractivity contribution >= 4 is 24.6 Å². The molecule has 3 heterocycles. The van der Waals surface area contributed by atoms with Crippen LogP contribution in [0.3, 0.4) is 0 Å². The smallest absolute Gasteiger partial charge is 0.326 e. The van der Waals surface area contributed by atoms with Crippen molar-refractivity contribution < 1.29 is 19.5 Å². The fourth-order valence-corrected chi connectivity index (χ4v) is 3.23. The SMILES string of the molecule is Nc1ncnc2c1ncn2[C@@H]1CN(CCP(=O)(O)O)C[C@@H]1O. The fraction of sp³-hybridized carbons (Fsp3) is 0.545. The van der Waals surface area contributed by atoms with Gasteiger partial charge < -0.3 is 25.2 Å². The molecule has 11 heteroatoms. The number of anilines is 1. The summed E-state index contributed by atoms with van der Waals surface area (Å²) in [5, 5.41) is 10.2. The third-order valence-corrected chi connectivity index (χ3v) is 4.57.